The zero-order valence-electron chi connectivity index (χ0n) is 12.6. The highest BCUT2D eigenvalue weighted by molar-refractivity contribution is 8.93. The maximum atomic E-state index is 12.4. The van der Waals surface area contributed by atoms with Gasteiger partial charge in [0.2, 0.25) is 0 Å². The van der Waals surface area contributed by atoms with Gasteiger partial charge in [-0.3, -0.25) is 4.79 Å². The van der Waals surface area contributed by atoms with E-state index in [9.17, 15) is 4.79 Å². The number of carbonyl (C=O) groups excluding carboxylic acids is 1. The van der Waals surface area contributed by atoms with Gasteiger partial charge in [-0.15, -0.1) is 17.0 Å². The standard InChI is InChI=1S/C17H26OS.BrH/c1-3-4-5-6-7-11-14-17(2,19)16(18)15-12-9-8-10-13-15;/h8-10,12-13,19H,3-7,11,14H2,1-2H3;1H. The van der Waals surface area contributed by atoms with Crippen molar-refractivity contribution >= 4 is 35.4 Å². The number of Topliss-reactive ketones (excluding diaryl/α,β-unsaturated/α-hetero) is 1. The third-order valence-corrected chi connectivity index (χ3v) is 3.97. The summed E-state index contributed by atoms with van der Waals surface area (Å²) in [5.74, 6) is 0.144. The predicted molar refractivity (Wildman–Crippen MR) is 96.5 cm³/mol. The molecule has 0 saturated carbocycles. The van der Waals surface area contributed by atoms with Crippen LogP contribution in [0.4, 0.5) is 0 Å². The van der Waals surface area contributed by atoms with Crippen LogP contribution in [0.1, 0.15) is 69.2 Å². The van der Waals surface area contributed by atoms with Crippen molar-refractivity contribution in [2.75, 3.05) is 0 Å². The molecule has 0 radical (unpaired) electrons. The molecule has 20 heavy (non-hydrogen) atoms. The maximum absolute atomic E-state index is 12.4. The highest BCUT2D eigenvalue weighted by atomic mass is 79.9. The van der Waals surface area contributed by atoms with Crippen LogP contribution in [0.25, 0.3) is 0 Å². The molecule has 1 rings (SSSR count). The van der Waals surface area contributed by atoms with Gasteiger partial charge in [-0.2, -0.15) is 12.6 Å². The highest BCUT2D eigenvalue weighted by Crippen LogP contribution is 2.27. The van der Waals surface area contributed by atoms with E-state index in [0.29, 0.717) is 0 Å². The quantitative estimate of drug-likeness (QED) is 0.331. The van der Waals surface area contributed by atoms with E-state index in [1.165, 1.54) is 32.1 Å². The summed E-state index contributed by atoms with van der Waals surface area (Å²) in [5, 5.41) is 0. The summed E-state index contributed by atoms with van der Waals surface area (Å²) in [5.41, 5.74) is 0.769. The number of benzene rings is 1. The van der Waals surface area contributed by atoms with E-state index in [1.807, 2.05) is 37.3 Å². The number of halogens is 1. The molecule has 0 saturated heterocycles. The van der Waals surface area contributed by atoms with Gasteiger partial charge in [0.1, 0.15) is 0 Å². The van der Waals surface area contributed by atoms with Crippen LogP contribution in [0.15, 0.2) is 30.3 Å². The second-order valence-electron chi connectivity index (χ2n) is 5.49. The Bertz CT molecular complexity index is 376. The van der Waals surface area contributed by atoms with Crippen LogP contribution >= 0.6 is 29.6 Å². The van der Waals surface area contributed by atoms with Crippen LogP contribution in [-0.4, -0.2) is 10.5 Å². The van der Waals surface area contributed by atoms with Gasteiger partial charge in [-0.25, -0.2) is 0 Å². The van der Waals surface area contributed by atoms with Crippen molar-refractivity contribution in [3.05, 3.63) is 35.9 Å². The van der Waals surface area contributed by atoms with E-state index in [1.54, 1.807) is 0 Å². The molecule has 3 heteroatoms. The Hall–Kier alpha value is -0.280. The Morgan fingerprint density at radius 2 is 1.60 bits per heavy atom. The lowest BCUT2D eigenvalue weighted by atomic mass is 9.92. The number of hydrogen-bond donors (Lipinski definition) is 1. The Morgan fingerprint density at radius 3 is 2.20 bits per heavy atom. The van der Waals surface area contributed by atoms with Crippen LogP contribution in [0, 0.1) is 0 Å². The number of ketones is 1. The first-order chi connectivity index (χ1) is 9.08. The Morgan fingerprint density at radius 1 is 1.05 bits per heavy atom. The van der Waals surface area contributed by atoms with E-state index < -0.39 is 4.75 Å². The number of carbonyl (C=O) groups is 1. The minimum Gasteiger partial charge on any atom is -0.293 e. The molecule has 1 aromatic rings. The van der Waals surface area contributed by atoms with Gasteiger partial charge < -0.3 is 0 Å². The summed E-state index contributed by atoms with van der Waals surface area (Å²) in [6.45, 7) is 4.17. The average Bonchev–Trinajstić information content (AvgIpc) is 2.43. The van der Waals surface area contributed by atoms with Crippen molar-refractivity contribution in [2.45, 2.75) is 63.5 Å². The Balaban J connectivity index is 0.00000361. The minimum atomic E-state index is -0.536. The third-order valence-electron chi connectivity index (χ3n) is 3.54. The predicted octanol–water partition coefficient (Wildman–Crippen LogP) is 5.89. The summed E-state index contributed by atoms with van der Waals surface area (Å²) < 4.78 is -0.536. The topological polar surface area (TPSA) is 17.1 Å². The van der Waals surface area contributed by atoms with Gasteiger partial charge in [0.05, 0.1) is 4.75 Å². The van der Waals surface area contributed by atoms with Crippen LogP contribution in [0.2, 0.25) is 0 Å². The number of hydrogen-bond acceptors (Lipinski definition) is 2. The molecule has 1 atom stereocenters. The molecule has 0 spiro atoms. The molecule has 114 valence electrons. The van der Waals surface area contributed by atoms with Gasteiger partial charge >= 0.3 is 0 Å². The van der Waals surface area contributed by atoms with Crippen molar-refractivity contribution < 1.29 is 4.79 Å². The molecule has 0 aromatic heterocycles. The minimum absolute atomic E-state index is 0. The van der Waals surface area contributed by atoms with Crippen molar-refractivity contribution in [2.24, 2.45) is 0 Å². The smallest absolute Gasteiger partial charge is 0.178 e. The summed E-state index contributed by atoms with van der Waals surface area (Å²) >= 11 is 4.59. The van der Waals surface area contributed by atoms with Gasteiger partial charge in [0.25, 0.3) is 0 Å². The lowest BCUT2D eigenvalue weighted by Crippen LogP contribution is -2.29. The summed E-state index contributed by atoms with van der Waals surface area (Å²) in [6, 6.07) is 9.49. The Kier molecular flexibility index (Phi) is 10.3. The van der Waals surface area contributed by atoms with E-state index >= 15 is 0 Å². The van der Waals surface area contributed by atoms with Crippen molar-refractivity contribution in [3.8, 4) is 0 Å². The average molecular weight is 359 g/mol. The lowest BCUT2D eigenvalue weighted by molar-refractivity contribution is 0.0945. The van der Waals surface area contributed by atoms with Crippen LogP contribution in [0.5, 0.6) is 0 Å². The maximum Gasteiger partial charge on any atom is 0.178 e. The molecule has 1 nitrogen and oxygen atoms in total. The molecule has 0 aliphatic carbocycles. The second kappa shape index (κ2) is 10.4. The zero-order valence-corrected chi connectivity index (χ0v) is 15.2. The van der Waals surface area contributed by atoms with Gasteiger partial charge in [-0.05, 0) is 13.3 Å². The molecule has 0 N–H and O–H groups in total. The number of rotatable bonds is 9. The Labute approximate surface area is 139 Å². The normalized spacial score (nSPS) is 13.3. The van der Waals surface area contributed by atoms with E-state index in [-0.39, 0.29) is 22.8 Å². The molecule has 0 aliphatic rings. The molecule has 1 unspecified atom stereocenters. The fourth-order valence-electron chi connectivity index (χ4n) is 2.26. The summed E-state index contributed by atoms with van der Waals surface area (Å²) in [7, 11) is 0. The summed E-state index contributed by atoms with van der Waals surface area (Å²) in [4.78, 5) is 12.4. The van der Waals surface area contributed by atoms with Crippen LogP contribution in [-0.2, 0) is 0 Å². The van der Waals surface area contributed by atoms with Crippen molar-refractivity contribution in [1.82, 2.24) is 0 Å². The number of thiol groups is 1. The second-order valence-corrected chi connectivity index (χ2v) is 6.47. The molecule has 0 fully saturated rings. The summed E-state index contributed by atoms with van der Waals surface area (Å²) in [6.07, 6.45) is 8.33. The first-order valence-electron chi connectivity index (χ1n) is 7.40. The molecule has 0 amide bonds. The number of unbranched alkanes of at least 4 members (excludes halogenated alkanes) is 5. The molecule has 0 heterocycles. The van der Waals surface area contributed by atoms with Gasteiger partial charge in [-0.1, -0.05) is 75.8 Å². The van der Waals surface area contributed by atoms with Crippen molar-refractivity contribution in [1.29, 1.82) is 0 Å². The van der Waals surface area contributed by atoms with E-state index in [0.717, 1.165) is 18.4 Å². The lowest BCUT2D eigenvalue weighted by Gasteiger charge is -2.22. The molecule has 1 aromatic carbocycles. The first kappa shape index (κ1) is 19.7. The first-order valence-corrected chi connectivity index (χ1v) is 7.85. The van der Waals surface area contributed by atoms with Crippen LogP contribution < -0.4 is 0 Å². The van der Waals surface area contributed by atoms with Crippen LogP contribution in [0.3, 0.4) is 0 Å². The van der Waals surface area contributed by atoms with Gasteiger partial charge in [0.15, 0.2) is 5.78 Å². The SMILES string of the molecule is Br.CCCCCCCCC(C)(S)C(=O)c1ccccc1. The molecule has 0 bridgehead atoms. The third kappa shape index (κ3) is 6.94. The van der Waals surface area contributed by atoms with E-state index in [2.05, 4.69) is 19.6 Å². The fourth-order valence-corrected chi connectivity index (χ4v) is 2.55. The monoisotopic (exact) mass is 358 g/mol. The van der Waals surface area contributed by atoms with E-state index in [4.69, 9.17) is 0 Å². The fraction of sp³-hybridized carbons (Fsp3) is 0.588. The highest BCUT2D eigenvalue weighted by Gasteiger charge is 2.28. The zero-order chi connectivity index (χ0) is 14.1. The molecule has 0 aliphatic heterocycles. The van der Waals surface area contributed by atoms with Crippen molar-refractivity contribution in [3.63, 3.8) is 0 Å². The molecular formula is C17H27BrOS. The largest absolute Gasteiger partial charge is 0.293 e. The van der Waals surface area contributed by atoms with Gasteiger partial charge in [0, 0.05) is 5.56 Å². The molecular weight excluding hydrogens is 332 g/mol.